The molecule has 0 saturated carbocycles. The zero-order chi connectivity index (χ0) is 22.8. The van der Waals surface area contributed by atoms with Crippen LogP contribution in [-0.4, -0.2) is 18.2 Å². The van der Waals surface area contributed by atoms with Crippen LogP contribution in [0.5, 0.6) is 0 Å². The summed E-state index contributed by atoms with van der Waals surface area (Å²) < 4.78 is 40.7. The number of halogens is 5. The molecule has 8 heteroatoms. The van der Waals surface area contributed by atoms with Crippen molar-refractivity contribution < 1.29 is 13.2 Å². The van der Waals surface area contributed by atoms with Crippen LogP contribution in [0.2, 0.25) is 10.0 Å². The molecule has 1 N–H and O–H groups in total. The van der Waals surface area contributed by atoms with Crippen LogP contribution in [0.15, 0.2) is 54.1 Å². The van der Waals surface area contributed by atoms with Crippen molar-refractivity contribution in [3.8, 4) is 0 Å². The van der Waals surface area contributed by atoms with Crippen LogP contribution in [0, 0.1) is 6.92 Å². The van der Waals surface area contributed by atoms with Gasteiger partial charge in [0.15, 0.2) is 0 Å². The lowest BCUT2D eigenvalue weighted by molar-refractivity contribution is -0.160. The fourth-order valence-electron chi connectivity index (χ4n) is 3.52. The average Bonchev–Trinajstić information content (AvgIpc) is 3.13. The molecule has 0 bridgehead atoms. The van der Waals surface area contributed by atoms with Gasteiger partial charge in [0.25, 0.3) is 0 Å². The Morgan fingerprint density at radius 1 is 1.19 bits per heavy atom. The first-order valence-electron chi connectivity index (χ1n) is 9.46. The molecule has 2 aromatic carbocycles. The van der Waals surface area contributed by atoms with Crippen LogP contribution in [0.1, 0.15) is 28.7 Å². The highest BCUT2D eigenvalue weighted by atomic mass is 35.5. The van der Waals surface area contributed by atoms with E-state index in [1.54, 1.807) is 17.2 Å². The van der Waals surface area contributed by atoms with E-state index in [1.165, 1.54) is 18.2 Å². The van der Waals surface area contributed by atoms with E-state index in [1.807, 2.05) is 31.4 Å². The summed E-state index contributed by atoms with van der Waals surface area (Å²) in [5, 5.41) is 5.27. The molecule has 3 rings (SSSR count). The summed E-state index contributed by atoms with van der Waals surface area (Å²) >= 11 is 14.5. The van der Waals surface area contributed by atoms with Gasteiger partial charge in [-0.1, -0.05) is 48.0 Å². The van der Waals surface area contributed by atoms with Gasteiger partial charge in [0, 0.05) is 34.5 Å². The van der Waals surface area contributed by atoms with E-state index in [0.717, 1.165) is 39.9 Å². The molecule has 1 aliphatic rings. The van der Waals surface area contributed by atoms with Crippen LogP contribution >= 0.6 is 46.7 Å². The SMILES string of the molecule is C=C(CSC)NCc1ccc(C2=CSC(c3cc(Cl)cc(Cl)c3)(C(F)(F)F)C2)cc1C. The maximum Gasteiger partial charge on any atom is 0.407 e. The Bertz CT molecular complexity index is 1000. The number of nitrogens with one attached hydrogen (secondary N) is 1. The number of hydrogen-bond acceptors (Lipinski definition) is 3. The number of hydrogen-bond donors (Lipinski definition) is 1. The van der Waals surface area contributed by atoms with Crippen LogP contribution in [0.25, 0.3) is 5.57 Å². The minimum atomic E-state index is -4.47. The summed E-state index contributed by atoms with van der Waals surface area (Å²) in [6.45, 7) is 6.58. The first-order chi connectivity index (χ1) is 14.6. The molecule has 0 radical (unpaired) electrons. The normalized spacial score (nSPS) is 18.7. The maximum atomic E-state index is 14.3. The van der Waals surface area contributed by atoms with Crippen LogP contribution in [0.3, 0.4) is 0 Å². The summed E-state index contributed by atoms with van der Waals surface area (Å²) in [6, 6.07) is 9.93. The molecule has 2 aromatic rings. The fraction of sp³-hybridized carbons (Fsp3) is 0.304. The average molecular weight is 504 g/mol. The standard InChI is InChI=1S/C23H22Cl2F3NS2/c1-14-6-16(4-5-17(14)11-29-15(2)12-30-3)18-10-22(31-13-18,23(26,27)28)19-7-20(24)9-21(25)8-19/h4-9,13,29H,2,10-12H2,1,3H3. The second-order valence-corrected chi connectivity index (χ2v) is 10.4. The lowest BCUT2D eigenvalue weighted by Crippen LogP contribution is -2.37. The molecule has 0 spiro atoms. The molecule has 1 unspecified atom stereocenters. The van der Waals surface area contributed by atoms with E-state index in [9.17, 15) is 13.2 Å². The smallest absolute Gasteiger partial charge is 0.384 e. The second kappa shape index (κ2) is 9.74. The number of benzene rings is 2. The summed E-state index contributed by atoms with van der Waals surface area (Å²) in [7, 11) is 0. The molecule has 31 heavy (non-hydrogen) atoms. The van der Waals surface area contributed by atoms with Gasteiger partial charge in [0.2, 0.25) is 0 Å². The van der Waals surface area contributed by atoms with E-state index in [-0.39, 0.29) is 22.0 Å². The summed E-state index contributed by atoms with van der Waals surface area (Å²) in [5.41, 5.74) is 4.55. The largest absolute Gasteiger partial charge is 0.407 e. The Balaban J connectivity index is 1.85. The van der Waals surface area contributed by atoms with Gasteiger partial charge in [-0.2, -0.15) is 24.9 Å². The van der Waals surface area contributed by atoms with Gasteiger partial charge in [-0.15, -0.1) is 11.8 Å². The molecule has 0 saturated heterocycles. The second-order valence-electron chi connectivity index (χ2n) is 7.45. The highest BCUT2D eigenvalue weighted by Gasteiger charge is 2.58. The predicted molar refractivity (Wildman–Crippen MR) is 130 cm³/mol. The molecular weight excluding hydrogens is 482 g/mol. The molecule has 0 aliphatic carbocycles. The number of aryl methyl sites for hydroxylation is 1. The quantitative estimate of drug-likeness (QED) is 0.408. The van der Waals surface area contributed by atoms with Gasteiger partial charge in [-0.25, -0.2) is 0 Å². The van der Waals surface area contributed by atoms with E-state index in [2.05, 4.69) is 11.9 Å². The van der Waals surface area contributed by atoms with Crippen molar-refractivity contribution in [2.24, 2.45) is 0 Å². The van der Waals surface area contributed by atoms with Crippen LogP contribution in [-0.2, 0) is 11.3 Å². The predicted octanol–water partition coefficient (Wildman–Crippen LogP) is 8.20. The topological polar surface area (TPSA) is 12.0 Å². The van der Waals surface area contributed by atoms with E-state index < -0.39 is 10.9 Å². The van der Waals surface area contributed by atoms with Crippen molar-refractivity contribution in [1.82, 2.24) is 5.32 Å². The van der Waals surface area contributed by atoms with Gasteiger partial charge < -0.3 is 5.32 Å². The Morgan fingerprint density at radius 3 is 2.45 bits per heavy atom. The van der Waals surface area contributed by atoms with Crippen molar-refractivity contribution in [2.45, 2.75) is 30.8 Å². The minimum Gasteiger partial charge on any atom is -0.384 e. The number of rotatable bonds is 7. The third-order valence-corrected chi connectivity index (χ3v) is 7.68. The van der Waals surface area contributed by atoms with Crippen molar-refractivity contribution in [1.29, 1.82) is 0 Å². The van der Waals surface area contributed by atoms with Crippen molar-refractivity contribution in [3.63, 3.8) is 0 Å². The summed E-state index contributed by atoms with van der Waals surface area (Å²) in [6.07, 6.45) is -2.64. The zero-order valence-electron chi connectivity index (χ0n) is 17.1. The molecule has 1 aliphatic heterocycles. The van der Waals surface area contributed by atoms with Crippen LogP contribution in [0.4, 0.5) is 13.2 Å². The molecule has 0 amide bonds. The summed E-state index contributed by atoms with van der Waals surface area (Å²) in [5.74, 6) is 0.828. The van der Waals surface area contributed by atoms with Crippen molar-refractivity contribution in [2.75, 3.05) is 12.0 Å². The third kappa shape index (κ3) is 5.41. The molecule has 1 atom stereocenters. The number of allylic oxidation sites excluding steroid dienone is 1. The molecular formula is C23H22Cl2F3NS2. The molecule has 1 nitrogen and oxygen atoms in total. The van der Waals surface area contributed by atoms with Gasteiger partial charge in [0.05, 0.1) is 0 Å². The first-order valence-corrected chi connectivity index (χ1v) is 12.5. The lowest BCUT2D eigenvalue weighted by Gasteiger charge is -2.32. The van der Waals surface area contributed by atoms with E-state index >= 15 is 0 Å². The van der Waals surface area contributed by atoms with Crippen molar-refractivity contribution in [3.05, 3.63) is 86.4 Å². The molecule has 0 aromatic heterocycles. The lowest BCUT2D eigenvalue weighted by atomic mass is 9.88. The number of thioether (sulfide) groups is 2. The summed E-state index contributed by atoms with van der Waals surface area (Å²) in [4.78, 5) is 0. The molecule has 1 heterocycles. The first kappa shape index (κ1) is 24.4. The van der Waals surface area contributed by atoms with E-state index in [4.69, 9.17) is 23.2 Å². The number of alkyl halides is 3. The molecule has 166 valence electrons. The molecule has 0 fully saturated rings. The van der Waals surface area contributed by atoms with Crippen molar-refractivity contribution >= 4 is 52.3 Å². The Hall–Kier alpha value is -1.21. The highest BCUT2D eigenvalue weighted by molar-refractivity contribution is 8.03. The Labute approximate surface area is 199 Å². The maximum absolute atomic E-state index is 14.3. The minimum absolute atomic E-state index is 0.0681. The van der Waals surface area contributed by atoms with Gasteiger partial charge in [0.1, 0.15) is 4.75 Å². The monoisotopic (exact) mass is 503 g/mol. The van der Waals surface area contributed by atoms with Crippen LogP contribution < -0.4 is 5.32 Å². The van der Waals surface area contributed by atoms with Gasteiger partial charge in [-0.05, 0) is 64.6 Å². The Morgan fingerprint density at radius 2 is 1.87 bits per heavy atom. The van der Waals surface area contributed by atoms with E-state index in [0.29, 0.717) is 12.1 Å². The Kier molecular flexibility index (Phi) is 7.67. The zero-order valence-corrected chi connectivity index (χ0v) is 20.2. The fourth-order valence-corrected chi connectivity index (χ4v) is 5.69. The van der Waals surface area contributed by atoms with Gasteiger partial charge in [-0.3, -0.25) is 0 Å². The van der Waals surface area contributed by atoms with Gasteiger partial charge >= 0.3 is 6.18 Å². The third-order valence-electron chi connectivity index (χ3n) is 5.19. The highest BCUT2D eigenvalue weighted by Crippen LogP contribution is 2.60.